The van der Waals surface area contributed by atoms with Crippen LogP contribution in [-0.2, 0) is 6.42 Å². The summed E-state index contributed by atoms with van der Waals surface area (Å²) in [6.45, 7) is 2.16. The lowest BCUT2D eigenvalue weighted by Crippen LogP contribution is -2.00. The van der Waals surface area contributed by atoms with Crippen LogP contribution in [0.4, 0.5) is 5.82 Å². The SMILES string of the molecule is CCCc1cc(NC)nc(-c2ccc(Br)s2)n1. The van der Waals surface area contributed by atoms with E-state index in [0.29, 0.717) is 0 Å². The fraction of sp³-hybridized carbons (Fsp3) is 0.333. The van der Waals surface area contributed by atoms with Crippen LogP contribution in [0.1, 0.15) is 19.0 Å². The van der Waals surface area contributed by atoms with Gasteiger partial charge in [0.25, 0.3) is 0 Å². The van der Waals surface area contributed by atoms with Gasteiger partial charge in [-0.25, -0.2) is 9.97 Å². The average molecular weight is 312 g/mol. The molecule has 2 heterocycles. The Kier molecular flexibility index (Phi) is 4.12. The van der Waals surface area contributed by atoms with Crippen LogP contribution in [-0.4, -0.2) is 17.0 Å². The topological polar surface area (TPSA) is 37.8 Å². The van der Waals surface area contributed by atoms with Crippen LogP contribution in [0, 0.1) is 0 Å². The van der Waals surface area contributed by atoms with Gasteiger partial charge in [-0.05, 0) is 34.5 Å². The van der Waals surface area contributed by atoms with Crippen LogP contribution in [0.2, 0.25) is 0 Å². The van der Waals surface area contributed by atoms with Crippen molar-refractivity contribution in [2.75, 3.05) is 12.4 Å². The van der Waals surface area contributed by atoms with Crippen molar-refractivity contribution in [3.8, 4) is 10.7 Å². The van der Waals surface area contributed by atoms with E-state index < -0.39 is 0 Å². The van der Waals surface area contributed by atoms with Crippen molar-refractivity contribution in [3.05, 3.63) is 27.7 Å². The third-order valence-electron chi connectivity index (χ3n) is 2.34. The second-order valence-electron chi connectivity index (χ2n) is 3.67. The number of nitrogens with one attached hydrogen (secondary N) is 1. The summed E-state index contributed by atoms with van der Waals surface area (Å²) in [5.74, 6) is 1.68. The lowest BCUT2D eigenvalue weighted by atomic mass is 10.2. The maximum Gasteiger partial charge on any atom is 0.171 e. The fourth-order valence-corrected chi connectivity index (χ4v) is 2.87. The van der Waals surface area contributed by atoms with E-state index in [-0.39, 0.29) is 0 Å². The molecular weight excluding hydrogens is 298 g/mol. The Balaban J connectivity index is 2.42. The van der Waals surface area contributed by atoms with Crippen LogP contribution in [0.5, 0.6) is 0 Å². The molecule has 0 fully saturated rings. The molecule has 0 aliphatic heterocycles. The lowest BCUT2D eigenvalue weighted by molar-refractivity contribution is 0.876. The smallest absolute Gasteiger partial charge is 0.171 e. The van der Waals surface area contributed by atoms with E-state index in [2.05, 4.69) is 38.1 Å². The molecule has 2 aromatic rings. The minimum Gasteiger partial charge on any atom is -0.373 e. The first-order valence-corrected chi connectivity index (χ1v) is 7.15. The van der Waals surface area contributed by atoms with Gasteiger partial charge in [0.05, 0.1) is 8.66 Å². The van der Waals surface area contributed by atoms with Crippen molar-refractivity contribution in [1.82, 2.24) is 9.97 Å². The average Bonchev–Trinajstić information content (AvgIpc) is 2.76. The zero-order chi connectivity index (χ0) is 12.3. The molecule has 0 spiro atoms. The number of rotatable bonds is 4. The Morgan fingerprint density at radius 1 is 1.35 bits per heavy atom. The van der Waals surface area contributed by atoms with Crippen molar-refractivity contribution in [3.63, 3.8) is 0 Å². The number of halogens is 1. The molecule has 0 atom stereocenters. The Bertz CT molecular complexity index is 510. The predicted molar refractivity (Wildman–Crippen MR) is 76.6 cm³/mol. The number of thiophene rings is 1. The minimum absolute atomic E-state index is 0.802. The van der Waals surface area contributed by atoms with Crippen LogP contribution >= 0.6 is 27.3 Å². The highest BCUT2D eigenvalue weighted by Gasteiger charge is 2.08. The molecule has 2 aromatic heterocycles. The molecule has 0 aliphatic carbocycles. The molecule has 90 valence electrons. The zero-order valence-electron chi connectivity index (χ0n) is 9.83. The van der Waals surface area contributed by atoms with E-state index in [1.54, 1.807) is 11.3 Å². The quantitative estimate of drug-likeness (QED) is 0.928. The molecular formula is C12H14BrN3S. The first kappa shape index (κ1) is 12.5. The van der Waals surface area contributed by atoms with Crippen LogP contribution < -0.4 is 5.32 Å². The van der Waals surface area contributed by atoms with Crippen molar-refractivity contribution in [2.45, 2.75) is 19.8 Å². The third kappa shape index (κ3) is 3.04. The molecule has 5 heteroatoms. The van der Waals surface area contributed by atoms with E-state index in [1.165, 1.54) is 0 Å². The van der Waals surface area contributed by atoms with Crippen LogP contribution in [0.3, 0.4) is 0 Å². The highest BCUT2D eigenvalue weighted by molar-refractivity contribution is 9.11. The van der Waals surface area contributed by atoms with E-state index in [4.69, 9.17) is 0 Å². The Hall–Kier alpha value is -0.940. The normalized spacial score (nSPS) is 10.5. The van der Waals surface area contributed by atoms with Gasteiger partial charge < -0.3 is 5.32 Å². The molecule has 2 rings (SSSR count). The van der Waals surface area contributed by atoms with Crippen LogP contribution in [0.15, 0.2) is 22.0 Å². The number of hydrogen-bond donors (Lipinski definition) is 1. The van der Waals surface area contributed by atoms with Gasteiger partial charge in [-0.1, -0.05) is 13.3 Å². The molecule has 0 amide bonds. The summed E-state index contributed by atoms with van der Waals surface area (Å²) in [4.78, 5) is 10.2. The molecule has 0 saturated heterocycles. The Morgan fingerprint density at radius 3 is 2.76 bits per heavy atom. The maximum absolute atomic E-state index is 4.59. The zero-order valence-corrected chi connectivity index (χ0v) is 12.2. The second kappa shape index (κ2) is 5.60. The largest absolute Gasteiger partial charge is 0.373 e. The number of nitrogens with zero attached hydrogens (tertiary/aromatic N) is 2. The highest BCUT2D eigenvalue weighted by Crippen LogP contribution is 2.29. The van der Waals surface area contributed by atoms with Crippen molar-refractivity contribution in [2.24, 2.45) is 0 Å². The lowest BCUT2D eigenvalue weighted by Gasteiger charge is -2.05. The number of aryl methyl sites for hydroxylation is 1. The summed E-state index contributed by atoms with van der Waals surface area (Å²) >= 11 is 5.11. The molecule has 1 N–H and O–H groups in total. The Morgan fingerprint density at radius 2 is 2.18 bits per heavy atom. The standard InChI is InChI=1S/C12H14BrN3S/c1-3-4-8-7-11(14-2)16-12(15-8)9-5-6-10(13)17-9/h5-7H,3-4H2,1-2H3,(H,14,15,16). The summed E-state index contributed by atoms with van der Waals surface area (Å²) in [5.41, 5.74) is 1.09. The molecule has 3 nitrogen and oxygen atoms in total. The molecule has 17 heavy (non-hydrogen) atoms. The summed E-state index contributed by atoms with van der Waals surface area (Å²) in [6.07, 6.45) is 2.07. The summed E-state index contributed by atoms with van der Waals surface area (Å²) < 4.78 is 1.10. The van der Waals surface area contributed by atoms with Gasteiger partial charge in [-0.15, -0.1) is 11.3 Å². The maximum atomic E-state index is 4.59. The van der Waals surface area contributed by atoms with E-state index in [1.807, 2.05) is 25.2 Å². The molecule has 0 bridgehead atoms. The first-order chi connectivity index (χ1) is 8.22. The third-order valence-corrected chi connectivity index (χ3v) is 3.95. The van der Waals surface area contributed by atoms with Crippen LogP contribution in [0.25, 0.3) is 10.7 Å². The summed E-state index contributed by atoms with van der Waals surface area (Å²) in [6, 6.07) is 6.07. The van der Waals surface area contributed by atoms with Gasteiger partial charge in [0, 0.05) is 18.8 Å². The van der Waals surface area contributed by atoms with Crippen molar-refractivity contribution in [1.29, 1.82) is 0 Å². The van der Waals surface area contributed by atoms with Gasteiger partial charge in [-0.3, -0.25) is 0 Å². The fourth-order valence-electron chi connectivity index (χ4n) is 1.55. The van der Waals surface area contributed by atoms with E-state index in [0.717, 1.165) is 38.8 Å². The predicted octanol–water partition coefficient (Wildman–Crippen LogP) is 3.96. The number of anilines is 1. The minimum atomic E-state index is 0.802. The summed E-state index contributed by atoms with van der Waals surface area (Å²) in [7, 11) is 1.88. The van der Waals surface area contributed by atoms with Gasteiger partial charge >= 0.3 is 0 Å². The molecule has 0 aliphatic rings. The molecule has 0 unspecified atom stereocenters. The van der Waals surface area contributed by atoms with Gasteiger partial charge in [0.2, 0.25) is 0 Å². The summed E-state index contributed by atoms with van der Waals surface area (Å²) in [5, 5.41) is 3.08. The van der Waals surface area contributed by atoms with Crippen molar-refractivity contribution < 1.29 is 0 Å². The number of hydrogen-bond acceptors (Lipinski definition) is 4. The van der Waals surface area contributed by atoms with Gasteiger partial charge in [0.15, 0.2) is 5.82 Å². The number of aromatic nitrogens is 2. The molecule has 0 radical (unpaired) electrons. The molecule has 0 saturated carbocycles. The van der Waals surface area contributed by atoms with Crippen molar-refractivity contribution >= 4 is 33.1 Å². The van der Waals surface area contributed by atoms with E-state index in [9.17, 15) is 0 Å². The highest BCUT2D eigenvalue weighted by atomic mass is 79.9. The van der Waals surface area contributed by atoms with E-state index >= 15 is 0 Å². The monoisotopic (exact) mass is 311 g/mol. The second-order valence-corrected chi connectivity index (χ2v) is 6.13. The van der Waals surface area contributed by atoms with Gasteiger partial charge in [0.1, 0.15) is 5.82 Å². The van der Waals surface area contributed by atoms with Gasteiger partial charge in [-0.2, -0.15) is 0 Å². The first-order valence-electron chi connectivity index (χ1n) is 5.54. The molecule has 0 aromatic carbocycles. The Labute approximate surface area is 113 Å².